The predicted molar refractivity (Wildman–Crippen MR) is 82.7 cm³/mol. The lowest BCUT2D eigenvalue weighted by Gasteiger charge is -2.26. The van der Waals surface area contributed by atoms with Crippen LogP contribution in [0.3, 0.4) is 0 Å². The van der Waals surface area contributed by atoms with Crippen LogP contribution in [0.2, 0.25) is 0 Å². The van der Waals surface area contributed by atoms with E-state index in [0.29, 0.717) is 12.0 Å². The highest BCUT2D eigenvalue weighted by molar-refractivity contribution is 5.16. The fraction of sp³-hybridized carbons (Fsp3) is 0.750. The molecule has 0 aliphatic heterocycles. The summed E-state index contributed by atoms with van der Waals surface area (Å²) < 4.78 is 10.9. The van der Waals surface area contributed by atoms with E-state index >= 15 is 0 Å². The highest BCUT2D eigenvalue weighted by Gasteiger charge is 2.16. The molecule has 0 aromatic carbocycles. The van der Waals surface area contributed by atoms with Crippen molar-refractivity contribution in [3.05, 3.63) is 23.7 Å². The normalized spacial score (nSPS) is 13.3. The highest BCUT2D eigenvalue weighted by atomic mass is 16.5. The number of likely N-dealkylation sites (N-methyl/N-ethyl adjacent to an activating group) is 1. The third-order valence-corrected chi connectivity index (χ3v) is 3.49. The molecule has 1 atom stereocenters. The van der Waals surface area contributed by atoms with E-state index in [-0.39, 0.29) is 0 Å². The lowest BCUT2D eigenvalue weighted by Crippen LogP contribution is -2.35. The largest absolute Gasteiger partial charge is 0.468 e. The van der Waals surface area contributed by atoms with Crippen LogP contribution in [0.1, 0.15) is 39.0 Å². The summed E-state index contributed by atoms with van der Waals surface area (Å²) in [7, 11) is 1.75. The summed E-state index contributed by atoms with van der Waals surface area (Å²) in [6.07, 6.45) is 1.79. The van der Waals surface area contributed by atoms with Crippen LogP contribution in [0.5, 0.6) is 0 Å². The number of rotatable bonds is 10. The smallest absolute Gasteiger partial charge is 0.122 e. The van der Waals surface area contributed by atoms with Crippen molar-refractivity contribution < 1.29 is 9.15 Å². The van der Waals surface area contributed by atoms with E-state index in [0.717, 1.165) is 38.5 Å². The fourth-order valence-electron chi connectivity index (χ4n) is 2.27. The van der Waals surface area contributed by atoms with Gasteiger partial charge in [-0.25, -0.2) is 0 Å². The van der Waals surface area contributed by atoms with E-state index in [1.807, 2.05) is 0 Å². The van der Waals surface area contributed by atoms with Gasteiger partial charge in [0.2, 0.25) is 0 Å². The minimum atomic E-state index is 0.395. The standard InChI is InChI=1S/C16H30N2O2/c1-6-18(14(4)12-19-5)11-16-15(7-8-20-16)10-17-9-13(2)3/h7-8,13-14,17H,6,9-12H2,1-5H3. The average molecular weight is 282 g/mol. The molecule has 1 N–H and O–H groups in total. The van der Waals surface area contributed by atoms with Crippen molar-refractivity contribution in [2.45, 2.75) is 46.8 Å². The number of hydrogen-bond acceptors (Lipinski definition) is 4. The molecule has 0 amide bonds. The monoisotopic (exact) mass is 282 g/mol. The Morgan fingerprint density at radius 2 is 2.10 bits per heavy atom. The molecule has 0 saturated heterocycles. The van der Waals surface area contributed by atoms with Gasteiger partial charge in [-0.1, -0.05) is 20.8 Å². The van der Waals surface area contributed by atoms with Gasteiger partial charge in [-0.2, -0.15) is 0 Å². The van der Waals surface area contributed by atoms with Crippen LogP contribution in [-0.4, -0.2) is 37.7 Å². The quantitative estimate of drug-likeness (QED) is 0.716. The zero-order valence-electron chi connectivity index (χ0n) is 13.6. The van der Waals surface area contributed by atoms with Crippen molar-refractivity contribution in [2.24, 2.45) is 5.92 Å². The first-order valence-corrected chi connectivity index (χ1v) is 7.57. The minimum absolute atomic E-state index is 0.395. The first-order valence-electron chi connectivity index (χ1n) is 7.57. The van der Waals surface area contributed by atoms with Gasteiger partial charge in [0.1, 0.15) is 5.76 Å². The van der Waals surface area contributed by atoms with E-state index < -0.39 is 0 Å². The van der Waals surface area contributed by atoms with Crippen LogP contribution < -0.4 is 5.32 Å². The molecule has 1 unspecified atom stereocenters. The SMILES string of the molecule is CCN(Cc1occc1CNCC(C)C)C(C)COC. The Morgan fingerprint density at radius 1 is 1.35 bits per heavy atom. The molecular weight excluding hydrogens is 252 g/mol. The number of nitrogens with zero attached hydrogens (tertiary/aromatic N) is 1. The van der Waals surface area contributed by atoms with Crippen molar-refractivity contribution in [3.8, 4) is 0 Å². The number of hydrogen-bond donors (Lipinski definition) is 1. The van der Waals surface area contributed by atoms with Crippen molar-refractivity contribution >= 4 is 0 Å². The maximum Gasteiger partial charge on any atom is 0.122 e. The van der Waals surface area contributed by atoms with Gasteiger partial charge in [-0.15, -0.1) is 0 Å². The third kappa shape index (κ3) is 5.65. The molecular formula is C16H30N2O2. The summed E-state index contributed by atoms with van der Waals surface area (Å²) in [6.45, 7) is 13.3. The first kappa shape index (κ1) is 17.2. The Bertz CT molecular complexity index is 363. The summed E-state index contributed by atoms with van der Waals surface area (Å²) in [5.74, 6) is 1.73. The zero-order chi connectivity index (χ0) is 15.0. The third-order valence-electron chi connectivity index (χ3n) is 3.49. The number of furan rings is 1. The van der Waals surface area contributed by atoms with Gasteiger partial charge in [0.05, 0.1) is 19.4 Å². The summed E-state index contributed by atoms with van der Waals surface area (Å²) in [5, 5.41) is 3.47. The second-order valence-electron chi connectivity index (χ2n) is 5.76. The minimum Gasteiger partial charge on any atom is -0.468 e. The molecule has 0 radical (unpaired) electrons. The van der Waals surface area contributed by atoms with Gasteiger partial charge in [0, 0.05) is 25.3 Å². The maximum atomic E-state index is 5.66. The second kappa shape index (κ2) is 9.16. The number of methoxy groups -OCH3 is 1. The topological polar surface area (TPSA) is 37.6 Å². The first-order chi connectivity index (χ1) is 9.58. The molecule has 0 aliphatic carbocycles. The molecule has 1 heterocycles. The fourth-order valence-corrected chi connectivity index (χ4v) is 2.27. The highest BCUT2D eigenvalue weighted by Crippen LogP contribution is 2.15. The Hall–Kier alpha value is -0.840. The molecule has 4 heteroatoms. The molecule has 116 valence electrons. The molecule has 20 heavy (non-hydrogen) atoms. The number of ether oxygens (including phenoxy) is 1. The van der Waals surface area contributed by atoms with Crippen LogP contribution in [-0.2, 0) is 17.8 Å². The van der Waals surface area contributed by atoms with Gasteiger partial charge in [0.15, 0.2) is 0 Å². The maximum absolute atomic E-state index is 5.66. The number of nitrogens with one attached hydrogen (secondary N) is 1. The summed E-state index contributed by atoms with van der Waals surface area (Å²) in [6, 6.07) is 2.46. The van der Waals surface area contributed by atoms with Crippen LogP contribution in [0.25, 0.3) is 0 Å². The Balaban J connectivity index is 2.55. The van der Waals surface area contributed by atoms with E-state index in [9.17, 15) is 0 Å². The lowest BCUT2D eigenvalue weighted by atomic mass is 10.2. The molecule has 0 spiro atoms. The molecule has 0 saturated carbocycles. The summed E-state index contributed by atoms with van der Waals surface area (Å²) >= 11 is 0. The van der Waals surface area contributed by atoms with E-state index in [1.165, 1.54) is 5.56 Å². The van der Waals surface area contributed by atoms with Gasteiger partial charge in [0.25, 0.3) is 0 Å². The zero-order valence-corrected chi connectivity index (χ0v) is 13.6. The molecule has 4 nitrogen and oxygen atoms in total. The van der Waals surface area contributed by atoms with Crippen LogP contribution >= 0.6 is 0 Å². The van der Waals surface area contributed by atoms with E-state index in [2.05, 4.69) is 44.0 Å². The van der Waals surface area contributed by atoms with Crippen molar-refractivity contribution in [2.75, 3.05) is 26.8 Å². The lowest BCUT2D eigenvalue weighted by molar-refractivity contribution is 0.0933. The van der Waals surface area contributed by atoms with E-state index in [1.54, 1.807) is 13.4 Å². The van der Waals surface area contributed by atoms with Gasteiger partial charge >= 0.3 is 0 Å². The molecule has 0 bridgehead atoms. The average Bonchev–Trinajstić information content (AvgIpc) is 2.83. The van der Waals surface area contributed by atoms with Gasteiger partial charge in [-0.3, -0.25) is 4.90 Å². The van der Waals surface area contributed by atoms with Gasteiger partial charge in [-0.05, 0) is 32.0 Å². The Morgan fingerprint density at radius 3 is 2.70 bits per heavy atom. The van der Waals surface area contributed by atoms with Crippen LogP contribution in [0, 0.1) is 5.92 Å². The predicted octanol–water partition coefficient (Wildman–Crippen LogP) is 2.88. The van der Waals surface area contributed by atoms with Crippen molar-refractivity contribution in [1.82, 2.24) is 10.2 Å². The molecule has 0 fully saturated rings. The molecule has 1 aromatic heterocycles. The molecule has 1 aromatic rings. The molecule has 0 aliphatic rings. The summed E-state index contributed by atoms with van der Waals surface area (Å²) in [4.78, 5) is 2.37. The summed E-state index contributed by atoms with van der Waals surface area (Å²) in [5.41, 5.74) is 1.26. The van der Waals surface area contributed by atoms with Gasteiger partial charge < -0.3 is 14.5 Å². The van der Waals surface area contributed by atoms with Crippen molar-refractivity contribution in [3.63, 3.8) is 0 Å². The Labute approximate surface area is 123 Å². The van der Waals surface area contributed by atoms with E-state index in [4.69, 9.17) is 9.15 Å². The van der Waals surface area contributed by atoms with Crippen LogP contribution in [0.15, 0.2) is 16.7 Å². The Kier molecular flexibility index (Phi) is 7.88. The molecule has 1 rings (SSSR count). The second-order valence-corrected chi connectivity index (χ2v) is 5.76. The van der Waals surface area contributed by atoms with Crippen molar-refractivity contribution in [1.29, 1.82) is 0 Å². The van der Waals surface area contributed by atoms with Crippen LogP contribution in [0.4, 0.5) is 0 Å².